The van der Waals surface area contributed by atoms with Crippen LogP contribution in [-0.4, -0.2) is 53.0 Å². The zero-order valence-corrected chi connectivity index (χ0v) is 17.3. The predicted molar refractivity (Wildman–Crippen MR) is 109 cm³/mol. The second-order valence-electron chi connectivity index (χ2n) is 6.68. The summed E-state index contributed by atoms with van der Waals surface area (Å²) in [7, 11) is -2.17. The van der Waals surface area contributed by atoms with Crippen LogP contribution in [0.1, 0.15) is 6.92 Å². The van der Waals surface area contributed by atoms with Crippen LogP contribution in [0.5, 0.6) is 17.2 Å². The van der Waals surface area contributed by atoms with Crippen LogP contribution in [0.3, 0.4) is 0 Å². The molecule has 0 bridgehead atoms. The summed E-state index contributed by atoms with van der Waals surface area (Å²) in [6, 6.07) is 12.8. The molecule has 9 heteroatoms. The van der Waals surface area contributed by atoms with Gasteiger partial charge in [-0.1, -0.05) is 12.1 Å². The van der Waals surface area contributed by atoms with Gasteiger partial charge in [-0.15, -0.1) is 0 Å². The Morgan fingerprint density at radius 2 is 1.86 bits per heavy atom. The van der Waals surface area contributed by atoms with Crippen LogP contribution in [-0.2, 0) is 14.8 Å². The lowest BCUT2D eigenvalue weighted by atomic mass is 10.2. The number of sulfonamides is 1. The van der Waals surface area contributed by atoms with E-state index in [0.717, 1.165) is 10.6 Å². The summed E-state index contributed by atoms with van der Waals surface area (Å²) in [5, 5.41) is 2.75. The molecule has 0 unspecified atom stereocenters. The monoisotopic (exact) mass is 420 g/mol. The molecule has 29 heavy (non-hydrogen) atoms. The molecule has 2 aromatic carbocycles. The minimum absolute atomic E-state index is 0.192. The number of anilines is 1. The van der Waals surface area contributed by atoms with Crippen molar-refractivity contribution in [3.05, 3.63) is 48.5 Å². The highest BCUT2D eigenvalue weighted by Crippen LogP contribution is 2.30. The maximum absolute atomic E-state index is 12.7. The first-order valence-electron chi connectivity index (χ1n) is 9.09. The third-order valence-electron chi connectivity index (χ3n) is 4.49. The Morgan fingerprint density at radius 1 is 1.21 bits per heavy atom. The van der Waals surface area contributed by atoms with Crippen molar-refractivity contribution in [3.63, 3.8) is 0 Å². The Labute approximate surface area is 170 Å². The van der Waals surface area contributed by atoms with Crippen molar-refractivity contribution in [3.8, 4) is 17.2 Å². The average molecular weight is 420 g/mol. The number of amides is 1. The number of para-hydroxylation sites is 2. The fraction of sp³-hybridized carbons (Fsp3) is 0.350. The second kappa shape index (κ2) is 8.60. The maximum Gasteiger partial charge on any atom is 0.243 e. The van der Waals surface area contributed by atoms with Crippen LogP contribution >= 0.6 is 0 Å². The smallest absolute Gasteiger partial charge is 0.243 e. The minimum atomic E-state index is -3.69. The first-order chi connectivity index (χ1) is 13.8. The molecule has 1 aliphatic rings. The number of methoxy groups -OCH3 is 1. The molecule has 1 amide bonds. The Kier molecular flexibility index (Phi) is 6.17. The van der Waals surface area contributed by atoms with Crippen molar-refractivity contribution >= 4 is 21.6 Å². The second-order valence-corrected chi connectivity index (χ2v) is 8.53. The maximum atomic E-state index is 12.7. The number of carbonyl (C=O) groups excluding carboxylic acids is 1. The van der Waals surface area contributed by atoms with Crippen molar-refractivity contribution in [2.75, 3.05) is 30.8 Å². The molecular weight excluding hydrogens is 396 g/mol. The van der Waals surface area contributed by atoms with Gasteiger partial charge in [0.25, 0.3) is 0 Å². The van der Waals surface area contributed by atoms with Crippen LogP contribution in [0.4, 0.5) is 5.69 Å². The predicted octanol–water partition coefficient (Wildman–Crippen LogP) is 1.81. The Morgan fingerprint density at radius 3 is 2.48 bits per heavy atom. The van der Waals surface area contributed by atoms with E-state index in [4.69, 9.17) is 14.2 Å². The molecule has 0 saturated carbocycles. The average Bonchev–Trinajstić information content (AvgIpc) is 2.71. The van der Waals surface area contributed by atoms with Gasteiger partial charge in [0.15, 0.2) is 11.5 Å². The number of hydrogen-bond acceptors (Lipinski definition) is 6. The first kappa shape index (κ1) is 20.8. The summed E-state index contributed by atoms with van der Waals surface area (Å²) in [6.07, 6.45) is 0.699. The zero-order chi connectivity index (χ0) is 21.0. The third kappa shape index (κ3) is 4.92. The molecule has 1 heterocycles. The molecule has 0 saturated heterocycles. The van der Waals surface area contributed by atoms with E-state index in [1.54, 1.807) is 30.3 Å². The Hall–Kier alpha value is -2.94. The number of benzene rings is 2. The van der Waals surface area contributed by atoms with Crippen molar-refractivity contribution in [2.45, 2.75) is 19.1 Å². The van der Waals surface area contributed by atoms with Gasteiger partial charge in [-0.25, -0.2) is 8.42 Å². The summed E-state index contributed by atoms with van der Waals surface area (Å²) in [5.41, 5.74) is 0.377. The van der Waals surface area contributed by atoms with Gasteiger partial charge < -0.3 is 19.5 Å². The van der Waals surface area contributed by atoms with Crippen molar-refractivity contribution in [1.29, 1.82) is 0 Å². The topological polar surface area (TPSA) is 94.2 Å². The molecule has 0 radical (unpaired) electrons. The van der Waals surface area contributed by atoms with Gasteiger partial charge in [0.1, 0.15) is 24.5 Å². The van der Waals surface area contributed by atoms with E-state index in [1.165, 1.54) is 14.0 Å². The fourth-order valence-electron chi connectivity index (χ4n) is 3.06. The molecule has 8 nitrogen and oxygen atoms in total. The molecular formula is C20H24N2O6S. The molecule has 0 fully saturated rings. The normalized spacial score (nSPS) is 16.6. The molecule has 3 rings (SSSR count). The van der Waals surface area contributed by atoms with Gasteiger partial charge in [-0.05, 0) is 43.3 Å². The first-order valence-corrected chi connectivity index (χ1v) is 10.9. The van der Waals surface area contributed by atoms with E-state index in [2.05, 4.69) is 5.32 Å². The van der Waals surface area contributed by atoms with Crippen LogP contribution in [0, 0.1) is 0 Å². The molecule has 0 aromatic heterocycles. The summed E-state index contributed by atoms with van der Waals surface area (Å²) >= 11 is 0. The number of hydrogen-bond donors (Lipinski definition) is 1. The Balaban J connectivity index is 1.66. The fourth-order valence-corrected chi connectivity index (χ4v) is 4.24. The van der Waals surface area contributed by atoms with Gasteiger partial charge in [0, 0.05) is 0 Å². The summed E-state index contributed by atoms with van der Waals surface area (Å²) in [5.74, 6) is 1.43. The van der Waals surface area contributed by atoms with E-state index in [1.807, 2.05) is 18.2 Å². The molecule has 2 aromatic rings. The standard InChI is InChI=1S/C20H24N2O6S/c1-14(22(29(3,24)25)15-8-10-16(26-2)11-9-15)20(23)21-12-17-13-27-18-6-4-5-7-19(18)28-17/h4-11,14,17H,12-13H2,1-3H3,(H,21,23)/t14-,17+/m0/s1. The number of nitrogens with one attached hydrogen (secondary N) is 1. The summed E-state index contributed by atoms with van der Waals surface area (Å²) in [4.78, 5) is 12.7. The zero-order valence-electron chi connectivity index (χ0n) is 16.5. The van der Waals surface area contributed by atoms with Crippen LogP contribution in [0.25, 0.3) is 0 Å². The summed E-state index contributed by atoms with van der Waals surface area (Å²) < 4.78 is 42.3. The van der Waals surface area contributed by atoms with Crippen molar-refractivity contribution < 1.29 is 27.4 Å². The van der Waals surface area contributed by atoms with E-state index in [0.29, 0.717) is 29.5 Å². The van der Waals surface area contributed by atoms with Gasteiger partial charge in [0.2, 0.25) is 15.9 Å². The number of carbonyl (C=O) groups is 1. The molecule has 1 N–H and O–H groups in total. The van der Waals surface area contributed by atoms with Crippen LogP contribution in [0.15, 0.2) is 48.5 Å². The van der Waals surface area contributed by atoms with Crippen molar-refractivity contribution in [2.24, 2.45) is 0 Å². The van der Waals surface area contributed by atoms with Gasteiger partial charge in [-0.3, -0.25) is 9.10 Å². The number of fused-ring (bicyclic) bond motifs is 1. The molecule has 1 aliphatic heterocycles. The Bertz CT molecular complexity index is 961. The highest BCUT2D eigenvalue weighted by molar-refractivity contribution is 7.92. The minimum Gasteiger partial charge on any atom is -0.497 e. The number of ether oxygens (including phenoxy) is 3. The van der Waals surface area contributed by atoms with Crippen LogP contribution < -0.4 is 23.8 Å². The third-order valence-corrected chi connectivity index (χ3v) is 5.73. The molecule has 156 valence electrons. The van der Waals surface area contributed by atoms with E-state index in [-0.39, 0.29) is 12.6 Å². The number of rotatable bonds is 7. The SMILES string of the molecule is COc1ccc(N([C@@H](C)C(=O)NC[C@@H]2COc3ccccc3O2)S(C)(=O)=O)cc1. The van der Waals surface area contributed by atoms with E-state index >= 15 is 0 Å². The van der Waals surface area contributed by atoms with Gasteiger partial charge in [0.05, 0.1) is 25.6 Å². The lowest BCUT2D eigenvalue weighted by Gasteiger charge is -2.30. The largest absolute Gasteiger partial charge is 0.497 e. The molecule has 0 spiro atoms. The van der Waals surface area contributed by atoms with E-state index in [9.17, 15) is 13.2 Å². The van der Waals surface area contributed by atoms with Gasteiger partial charge in [-0.2, -0.15) is 0 Å². The van der Waals surface area contributed by atoms with Crippen molar-refractivity contribution in [1.82, 2.24) is 5.32 Å². The molecule has 0 aliphatic carbocycles. The van der Waals surface area contributed by atoms with Gasteiger partial charge >= 0.3 is 0 Å². The molecule has 2 atom stereocenters. The highest BCUT2D eigenvalue weighted by Gasteiger charge is 2.30. The quantitative estimate of drug-likeness (QED) is 0.734. The lowest BCUT2D eigenvalue weighted by Crippen LogP contribution is -2.50. The summed E-state index contributed by atoms with van der Waals surface area (Å²) in [6.45, 7) is 2.02. The highest BCUT2D eigenvalue weighted by atomic mass is 32.2. The van der Waals surface area contributed by atoms with E-state index < -0.39 is 22.0 Å². The lowest BCUT2D eigenvalue weighted by molar-refractivity contribution is -0.122. The van der Waals surface area contributed by atoms with Crippen LogP contribution in [0.2, 0.25) is 0 Å². The number of nitrogens with zero attached hydrogens (tertiary/aromatic N) is 1.